The number of hydrogen-bond donors (Lipinski definition) is 1. The Labute approximate surface area is 142 Å². The van der Waals surface area contributed by atoms with Crippen LogP contribution in [-0.4, -0.2) is 40.1 Å². The van der Waals surface area contributed by atoms with Crippen LogP contribution in [0.15, 0.2) is 24.3 Å². The van der Waals surface area contributed by atoms with Gasteiger partial charge in [-0.1, -0.05) is 24.3 Å². The van der Waals surface area contributed by atoms with E-state index in [9.17, 15) is 9.90 Å². The third-order valence-electron chi connectivity index (χ3n) is 4.30. The number of amides is 1. The zero-order valence-corrected chi connectivity index (χ0v) is 14.8. The summed E-state index contributed by atoms with van der Waals surface area (Å²) in [4.78, 5) is 14.3. The van der Waals surface area contributed by atoms with Crippen molar-refractivity contribution in [2.75, 3.05) is 6.61 Å². The maximum atomic E-state index is 12.7. The van der Waals surface area contributed by atoms with Gasteiger partial charge in [0.15, 0.2) is 6.29 Å². The number of carbonyl (C=O) groups excluding carboxylic acids is 1. The number of aliphatic hydroxyl groups excluding tert-OH is 1. The summed E-state index contributed by atoms with van der Waals surface area (Å²) < 4.78 is 17.1. The van der Waals surface area contributed by atoms with Gasteiger partial charge >= 0.3 is 6.09 Å². The van der Waals surface area contributed by atoms with Crippen molar-refractivity contribution >= 4 is 6.09 Å². The number of rotatable bonds is 1. The molecule has 0 aliphatic carbocycles. The van der Waals surface area contributed by atoms with Gasteiger partial charge in [0.1, 0.15) is 17.4 Å². The molecule has 1 amide bonds. The summed E-state index contributed by atoms with van der Waals surface area (Å²) in [5.74, 6) is 0. The Kier molecular flexibility index (Phi) is 4.10. The van der Waals surface area contributed by atoms with E-state index in [1.807, 2.05) is 58.9 Å². The van der Waals surface area contributed by atoms with Crippen LogP contribution in [0.3, 0.4) is 0 Å². The molecular formula is C18H25NO5. The van der Waals surface area contributed by atoms with Gasteiger partial charge in [-0.25, -0.2) is 4.79 Å². The van der Waals surface area contributed by atoms with E-state index in [4.69, 9.17) is 14.2 Å². The molecule has 0 aromatic heterocycles. The fraction of sp³-hybridized carbons (Fsp3) is 0.611. The largest absolute Gasteiger partial charge is 0.444 e. The lowest BCUT2D eigenvalue weighted by Gasteiger charge is -2.36. The van der Waals surface area contributed by atoms with E-state index in [2.05, 4.69) is 0 Å². The molecule has 2 aliphatic heterocycles. The van der Waals surface area contributed by atoms with Crippen molar-refractivity contribution in [1.82, 2.24) is 4.90 Å². The molecule has 6 heteroatoms. The van der Waals surface area contributed by atoms with Crippen LogP contribution in [0, 0.1) is 0 Å². The molecule has 0 spiro atoms. The van der Waals surface area contributed by atoms with E-state index in [-0.39, 0.29) is 6.04 Å². The second kappa shape index (κ2) is 5.72. The van der Waals surface area contributed by atoms with Crippen LogP contribution < -0.4 is 0 Å². The summed E-state index contributed by atoms with van der Waals surface area (Å²) >= 11 is 0. The fourth-order valence-electron chi connectivity index (χ4n) is 3.30. The Hall–Kier alpha value is -1.63. The number of aliphatic hydroxyl groups is 1. The Morgan fingerprint density at radius 3 is 2.54 bits per heavy atom. The van der Waals surface area contributed by atoms with Gasteiger partial charge < -0.3 is 19.3 Å². The van der Waals surface area contributed by atoms with Crippen LogP contribution in [0.25, 0.3) is 0 Å². The Bertz CT molecular complexity index is 637. The SMILES string of the molecule is CC(C)(C)OC(=O)N1C(C2OC(O)c3ccccc32)COC1(C)C. The molecule has 1 fully saturated rings. The molecular weight excluding hydrogens is 310 g/mol. The molecule has 1 N–H and O–H groups in total. The van der Waals surface area contributed by atoms with Crippen molar-refractivity contribution < 1.29 is 24.1 Å². The van der Waals surface area contributed by atoms with Gasteiger partial charge in [-0.2, -0.15) is 0 Å². The van der Waals surface area contributed by atoms with Gasteiger partial charge in [0.25, 0.3) is 0 Å². The summed E-state index contributed by atoms with van der Waals surface area (Å²) in [6.45, 7) is 9.46. The summed E-state index contributed by atoms with van der Waals surface area (Å²) in [6, 6.07) is 7.13. The molecule has 1 aromatic rings. The summed E-state index contributed by atoms with van der Waals surface area (Å²) in [5.41, 5.74) is 0.203. The zero-order chi connectivity index (χ0) is 17.7. The second-order valence-corrected chi connectivity index (χ2v) is 7.71. The van der Waals surface area contributed by atoms with Gasteiger partial charge in [-0.3, -0.25) is 4.90 Å². The molecule has 1 saturated heterocycles. The third-order valence-corrected chi connectivity index (χ3v) is 4.30. The van der Waals surface area contributed by atoms with E-state index >= 15 is 0 Å². The van der Waals surface area contributed by atoms with Crippen molar-refractivity contribution in [3.05, 3.63) is 35.4 Å². The van der Waals surface area contributed by atoms with E-state index in [1.165, 1.54) is 0 Å². The van der Waals surface area contributed by atoms with Gasteiger partial charge in [0.2, 0.25) is 0 Å². The molecule has 24 heavy (non-hydrogen) atoms. The quantitative estimate of drug-likeness (QED) is 0.854. The maximum Gasteiger partial charge on any atom is 0.413 e. The fourth-order valence-corrected chi connectivity index (χ4v) is 3.30. The molecule has 2 aliphatic rings. The highest BCUT2D eigenvalue weighted by Gasteiger charge is 2.51. The van der Waals surface area contributed by atoms with Gasteiger partial charge in [0.05, 0.1) is 12.6 Å². The van der Waals surface area contributed by atoms with Crippen molar-refractivity contribution in [2.45, 2.75) is 64.4 Å². The number of nitrogens with zero attached hydrogens (tertiary/aromatic N) is 1. The first-order valence-electron chi connectivity index (χ1n) is 8.19. The molecule has 132 valence electrons. The molecule has 0 saturated carbocycles. The molecule has 3 unspecified atom stereocenters. The Morgan fingerprint density at radius 2 is 1.92 bits per heavy atom. The van der Waals surface area contributed by atoms with Gasteiger partial charge in [-0.05, 0) is 40.2 Å². The average Bonchev–Trinajstić information content (AvgIpc) is 2.95. The molecule has 6 nitrogen and oxygen atoms in total. The predicted octanol–water partition coefficient (Wildman–Crippen LogP) is 3.12. The molecule has 0 bridgehead atoms. The summed E-state index contributed by atoms with van der Waals surface area (Å²) in [5, 5.41) is 10.2. The maximum absolute atomic E-state index is 12.7. The first kappa shape index (κ1) is 17.2. The predicted molar refractivity (Wildman–Crippen MR) is 87.1 cm³/mol. The lowest BCUT2D eigenvalue weighted by Crippen LogP contribution is -2.51. The van der Waals surface area contributed by atoms with Gasteiger partial charge in [-0.15, -0.1) is 0 Å². The van der Waals surface area contributed by atoms with E-state index in [0.717, 1.165) is 11.1 Å². The number of hydrogen-bond acceptors (Lipinski definition) is 5. The normalized spacial score (nSPS) is 28.8. The minimum Gasteiger partial charge on any atom is -0.444 e. The second-order valence-electron chi connectivity index (χ2n) is 7.71. The van der Waals surface area contributed by atoms with Crippen molar-refractivity contribution in [3.63, 3.8) is 0 Å². The number of benzene rings is 1. The van der Waals surface area contributed by atoms with Crippen molar-refractivity contribution in [3.8, 4) is 0 Å². The highest BCUT2D eigenvalue weighted by atomic mass is 16.6. The molecule has 1 aromatic carbocycles. The van der Waals surface area contributed by atoms with E-state index in [1.54, 1.807) is 4.90 Å². The minimum absolute atomic E-state index is 0.317. The lowest BCUT2D eigenvalue weighted by atomic mass is 9.99. The van der Waals surface area contributed by atoms with Crippen LogP contribution in [-0.2, 0) is 14.2 Å². The molecule has 3 atom stereocenters. The van der Waals surface area contributed by atoms with Crippen LogP contribution in [0.4, 0.5) is 4.79 Å². The van der Waals surface area contributed by atoms with Crippen LogP contribution in [0.1, 0.15) is 58.1 Å². The highest BCUT2D eigenvalue weighted by Crippen LogP contribution is 2.44. The molecule has 2 heterocycles. The first-order valence-corrected chi connectivity index (χ1v) is 8.19. The van der Waals surface area contributed by atoms with Crippen LogP contribution in [0.2, 0.25) is 0 Å². The van der Waals surface area contributed by atoms with Gasteiger partial charge in [0, 0.05) is 5.56 Å². The topological polar surface area (TPSA) is 68.2 Å². The third kappa shape index (κ3) is 3.01. The molecule has 0 radical (unpaired) electrons. The van der Waals surface area contributed by atoms with Crippen LogP contribution in [0.5, 0.6) is 0 Å². The zero-order valence-electron chi connectivity index (χ0n) is 14.8. The number of ether oxygens (including phenoxy) is 3. The van der Waals surface area contributed by atoms with E-state index in [0.29, 0.717) is 6.61 Å². The number of fused-ring (bicyclic) bond motifs is 1. The first-order chi connectivity index (χ1) is 11.1. The monoisotopic (exact) mass is 335 g/mol. The highest BCUT2D eigenvalue weighted by molar-refractivity contribution is 5.70. The minimum atomic E-state index is -0.990. The lowest BCUT2D eigenvalue weighted by molar-refractivity contribution is -0.140. The summed E-state index contributed by atoms with van der Waals surface area (Å²) in [6.07, 6.45) is -1.89. The Balaban J connectivity index is 1.91. The van der Waals surface area contributed by atoms with Crippen molar-refractivity contribution in [2.24, 2.45) is 0 Å². The van der Waals surface area contributed by atoms with Crippen molar-refractivity contribution in [1.29, 1.82) is 0 Å². The summed E-state index contributed by atoms with van der Waals surface area (Å²) in [7, 11) is 0. The smallest absolute Gasteiger partial charge is 0.413 e. The number of carbonyl (C=O) groups is 1. The van der Waals surface area contributed by atoms with E-state index < -0.39 is 29.8 Å². The standard InChI is InChI=1S/C18H25NO5/c1-17(2,3)24-16(21)19-13(10-22-18(19,4)5)14-11-8-6-7-9-12(11)15(20)23-14/h6-9,13-15,20H,10H2,1-5H3. The Morgan fingerprint density at radius 1 is 1.29 bits per heavy atom. The van der Waals surface area contributed by atoms with Crippen LogP contribution >= 0.6 is 0 Å². The average molecular weight is 335 g/mol. The molecule has 3 rings (SSSR count).